The van der Waals surface area contributed by atoms with Crippen LogP contribution < -0.4 is 5.32 Å². The highest BCUT2D eigenvalue weighted by Crippen LogP contribution is 2.32. The molecule has 4 nitrogen and oxygen atoms in total. The summed E-state index contributed by atoms with van der Waals surface area (Å²) >= 11 is 0. The number of fused-ring (bicyclic) bond motifs is 1. The van der Waals surface area contributed by atoms with E-state index in [2.05, 4.69) is 5.32 Å². The predicted molar refractivity (Wildman–Crippen MR) is 80.9 cm³/mol. The van der Waals surface area contributed by atoms with E-state index in [4.69, 9.17) is 4.42 Å². The number of furan rings is 1. The molecule has 2 aromatic rings. The van der Waals surface area contributed by atoms with Gasteiger partial charge in [-0.25, -0.2) is 4.39 Å². The van der Waals surface area contributed by atoms with E-state index < -0.39 is 5.60 Å². The number of aryl methyl sites for hydroxylation is 1. The second kappa shape index (κ2) is 5.39. The van der Waals surface area contributed by atoms with E-state index in [-0.39, 0.29) is 17.8 Å². The lowest BCUT2D eigenvalue weighted by atomic mass is 10.0. The molecule has 0 radical (unpaired) electrons. The standard InChI is InChI=1S/C17H20FNO3/c1-10-13-9-12(18)5-6-14(13)22-15(10)11(2)19-16(20)17(21)7-3-4-8-17/h5-6,9,11,21H,3-4,7-8H2,1-2H3,(H,19,20). The number of hydrogen-bond donors (Lipinski definition) is 2. The SMILES string of the molecule is Cc1c(C(C)NC(=O)C2(O)CCCC2)oc2ccc(F)cc12. The van der Waals surface area contributed by atoms with Crippen molar-refractivity contribution >= 4 is 16.9 Å². The average Bonchev–Trinajstić information content (AvgIpc) is 3.05. The van der Waals surface area contributed by atoms with Crippen LogP contribution in [0.4, 0.5) is 4.39 Å². The molecule has 3 rings (SSSR count). The largest absolute Gasteiger partial charge is 0.459 e. The summed E-state index contributed by atoms with van der Waals surface area (Å²) in [6.07, 6.45) is 2.72. The molecule has 1 aliphatic rings. The Bertz CT molecular complexity index is 716. The molecule has 1 saturated carbocycles. The van der Waals surface area contributed by atoms with Gasteiger partial charge in [0.2, 0.25) is 0 Å². The Kier molecular flexibility index (Phi) is 3.68. The Morgan fingerprint density at radius 1 is 1.41 bits per heavy atom. The first-order chi connectivity index (χ1) is 10.4. The van der Waals surface area contributed by atoms with Crippen molar-refractivity contribution in [1.29, 1.82) is 0 Å². The van der Waals surface area contributed by atoms with Crippen molar-refractivity contribution in [2.45, 2.75) is 51.2 Å². The second-order valence-corrected chi connectivity index (χ2v) is 6.17. The molecule has 1 aliphatic carbocycles. The quantitative estimate of drug-likeness (QED) is 0.914. The Labute approximate surface area is 128 Å². The molecule has 0 spiro atoms. The van der Waals surface area contributed by atoms with E-state index in [1.54, 1.807) is 13.0 Å². The molecular weight excluding hydrogens is 285 g/mol. The Morgan fingerprint density at radius 3 is 2.77 bits per heavy atom. The van der Waals surface area contributed by atoms with Crippen LogP contribution in [-0.2, 0) is 4.79 Å². The first-order valence-corrected chi connectivity index (χ1v) is 7.62. The molecule has 1 atom stereocenters. The minimum Gasteiger partial charge on any atom is -0.459 e. The lowest BCUT2D eigenvalue weighted by Gasteiger charge is -2.23. The van der Waals surface area contributed by atoms with Crippen LogP contribution in [0.5, 0.6) is 0 Å². The van der Waals surface area contributed by atoms with Crippen LogP contribution in [-0.4, -0.2) is 16.6 Å². The van der Waals surface area contributed by atoms with Gasteiger partial charge in [0.15, 0.2) is 0 Å². The number of benzene rings is 1. The van der Waals surface area contributed by atoms with E-state index in [1.807, 2.05) is 6.92 Å². The minimum absolute atomic E-state index is 0.320. The smallest absolute Gasteiger partial charge is 0.252 e. The van der Waals surface area contributed by atoms with Crippen LogP contribution in [0.2, 0.25) is 0 Å². The van der Waals surface area contributed by atoms with Crippen molar-refractivity contribution in [1.82, 2.24) is 5.32 Å². The summed E-state index contributed by atoms with van der Waals surface area (Å²) in [5, 5.41) is 13.8. The van der Waals surface area contributed by atoms with E-state index in [0.29, 0.717) is 29.6 Å². The Hall–Kier alpha value is -1.88. The summed E-state index contributed by atoms with van der Waals surface area (Å²) in [6, 6.07) is 3.98. The third kappa shape index (κ3) is 2.50. The highest BCUT2D eigenvalue weighted by Gasteiger charge is 2.39. The molecule has 0 bridgehead atoms. The average molecular weight is 305 g/mol. The lowest BCUT2D eigenvalue weighted by molar-refractivity contribution is -0.140. The molecule has 1 heterocycles. The van der Waals surface area contributed by atoms with Gasteiger partial charge in [-0.15, -0.1) is 0 Å². The van der Waals surface area contributed by atoms with Gasteiger partial charge in [-0.2, -0.15) is 0 Å². The van der Waals surface area contributed by atoms with Crippen molar-refractivity contribution in [2.24, 2.45) is 0 Å². The molecule has 0 saturated heterocycles. The zero-order valence-electron chi connectivity index (χ0n) is 12.8. The fraction of sp³-hybridized carbons (Fsp3) is 0.471. The van der Waals surface area contributed by atoms with Crippen LogP contribution >= 0.6 is 0 Å². The number of aliphatic hydroxyl groups is 1. The van der Waals surface area contributed by atoms with Crippen molar-refractivity contribution in [2.75, 3.05) is 0 Å². The van der Waals surface area contributed by atoms with E-state index >= 15 is 0 Å². The summed E-state index contributed by atoms with van der Waals surface area (Å²) in [6.45, 7) is 3.64. The molecule has 1 unspecified atom stereocenters. The van der Waals surface area contributed by atoms with E-state index in [9.17, 15) is 14.3 Å². The molecule has 22 heavy (non-hydrogen) atoms. The maximum Gasteiger partial charge on any atom is 0.252 e. The Morgan fingerprint density at radius 2 is 2.09 bits per heavy atom. The molecule has 118 valence electrons. The van der Waals surface area contributed by atoms with Gasteiger partial charge in [0.1, 0.15) is 22.8 Å². The summed E-state index contributed by atoms with van der Waals surface area (Å²) < 4.78 is 19.1. The monoisotopic (exact) mass is 305 g/mol. The van der Waals surface area contributed by atoms with Crippen LogP contribution in [0.1, 0.15) is 50.0 Å². The lowest BCUT2D eigenvalue weighted by Crippen LogP contribution is -2.45. The third-order valence-electron chi connectivity index (χ3n) is 4.53. The first-order valence-electron chi connectivity index (χ1n) is 7.62. The van der Waals surface area contributed by atoms with Crippen molar-refractivity contribution in [3.63, 3.8) is 0 Å². The maximum absolute atomic E-state index is 13.3. The fourth-order valence-corrected chi connectivity index (χ4v) is 3.21. The number of halogens is 1. The molecule has 1 fully saturated rings. The minimum atomic E-state index is -1.26. The molecular formula is C17H20FNO3. The predicted octanol–water partition coefficient (Wildman–Crippen LogP) is 3.36. The molecule has 0 aliphatic heterocycles. The number of amides is 1. The van der Waals surface area contributed by atoms with Crippen LogP contribution in [0.15, 0.2) is 22.6 Å². The Balaban J connectivity index is 1.84. The number of hydrogen-bond acceptors (Lipinski definition) is 3. The van der Waals surface area contributed by atoms with Gasteiger partial charge in [-0.05, 0) is 57.7 Å². The van der Waals surface area contributed by atoms with Crippen LogP contribution in [0.3, 0.4) is 0 Å². The van der Waals surface area contributed by atoms with Gasteiger partial charge in [-0.1, -0.05) is 0 Å². The van der Waals surface area contributed by atoms with Gasteiger partial charge in [0, 0.05) is 10.9 Å². The van der Waals surface area contributed by atoms with Crippen LogP contribution in [0.25, 0.3) is 11.0 Å². The number of carbonyl (C=O) groups is 1. The zero-order chi connectivity index (χ0) is 15.9. The molecule has 1 aromatic heterocycles. The van der Waals surface area contributed by atoms with Crippen molar-refractivity contribution in [3.05, 3.63) is 35.3 Å². The molecule has 1 amide bonds. The van der Waals surface area contributed by atoms with Crippen molar-refractivity contribution in [3.8, 4) is 0 Å². The highest BCUT2D eigenvalue weighted by atomic mass is 19.1. The number of nitrogens with one attached hydrogen (secondary N) is 1. The normalized spacial score (nSPS) is 18.5. The summed E-state index contributed by atoms with van der Waals surface area (Å²) in [4.78, 5) is 12.3. The van der Waals surface area contributed by atoms with E-state index in [0.717, 1.165) is 18.4 Å². The summed E-state index contributed by atoms with van der Waals surface area (Å²) in [5.41, 5.74) is 0.135. The van der Waals surface area contributed by atoms with Gasteiger partial charge >= 0.3 is 0 Å². The third-order valence-corrected chi connectivity index (χ3v) is 4.53. The summed E-state index contributed by atoms with van der Waals surface area (Å²) in [5.74, 6) is -0.0843. The van der Waals surface area contributed by atoms with Crippen molar-refractivity contribution < 1.29 is 18.7 Å². The van der Waals surface area contributed by atoms with E-state index in [1.165, 1.54) is 12.1 Å². The van der Waals surface area contributed by atoms with Gasteiger partial charge in [0.25, 0.3) is 5.91 Å². The number of carbonyl (C=O) groups excluding carboxylic acids is 1. The second-order valence-electron chi connectivity index (χ2n) is 6.17. The van der Waals surface area contributed by atoms with Gasteiger partial charge in [-0.3, -0.25) is 4.79 Å². The van der Waals surface area contributed by atoms with Crippen LogP contribution in [0, 0.1) is 12.7 Å². The first kappa shape index (κ1) is 15.0. The van der Waals surface area contributed by atoms with Gasteiger partial charge < -0.3 is 14.8 Å². The molecule has 2 N–H and O–H groups in total. The molecule has 5 heteroatoms. The zero-order valence-corrected chi connectivity index (χ0v) is 12.8. The molecule has 1 aromatic carbocycles. The maximum atomic E-state index is 13.3. The highest BCUT2D eigenvalue weighted by molar-refractivity contribution is 5.86. The fourth-order valence-electron chi connectivity index (χ4n) is 3.21. The van der Waals surface area contributed by atoms with Gasteiger partial charge in [0.05, 0.1) is 6.04 Å². The topological polar surface area (TPSA) is 62.5 Å². The number of rotatable bonds is 3. The summed E-state index contributed by atoms with van der Waals surface area (Å²) in [7, 11) is 0.